The summed E-state index contributed by atoms with van der Waals surface area (Å²) in [6, 6.07) is 0.264. The van der Waals surface area contributed by atoms with Crippen molar-refractivity contribution in [3.63, 3.8) is 0 Å². The van der Waals surface area contributed by atoms with Crippen molar-refractivity contribution in [1.29, 1.82) is 0 Å². The minimum atomic E-state index is -2.85. The highest BCUT2D eigenvalue weighted by molar-refractivity contribution is 7.91. The van der Waals surface area contributed by atoms with Crippen LogP contribution in [-0.2, 0) is 9.84 Å². The molecule has 0 aromatic heterocycles. The van der Waals surface area contributed by atoms with E-state index >= 15 is 0 Å². The van der Waals surface area contributed by atoms with Gasteiger partial charge in [-0.3, -0.25) is 0 Å². The van der Waals surface area contributed by atoms with Gasteiger partial charge in [-0.2, -0.15) is 0 Å². The molecule has 0 spiro atoms. The van der Waals surface area contributed by atoms with Crippen LogP contribution in [0, 0.1) is 0 Å². The molecule has 2 unspecified atom stereocenters. The predicted octanol–water partition coefficient (Wildman–Crippen LogP) is 0.417. The van der Waals surface area contributed by atoms with Gasteiger partial charge >= 0.3 is 0 Å². The maximum absolute atomic E-state index is 11.0. The number of rotatable bonds is 4. The van der Waals surface area contributed by atoms with Crippen LogP contribution in [0.2, 0.25) is 0 Å². The van der Waals surface area contributed by atoms with E-state index in [0.29, 0.717) is 6.42 Å². The maximum Gasteiger partial charge on any atom is 0.150 e. The van der Waals surface area contributed by atoms with Crippen molar-refractivity contribution in [2.24, 2.45) is 0 Å². The fourth-order valence-corrected chi connectivity index (χ4v) is 1.43. The van der Waals surface area contributed by atoms with Crippen molar-refractivity contribution in [2.45, 2.75) is 31.6 Å². The summed E-state index contributed by atoms with van der Waals surface area (Å²) in [6.07, 6.45) is 1.95. The first kappa shape index (κ1) is 10.9. The molecule has 3 nitrogen and oxygen atoms in total. The lowest BCUT2D eigenvalue weighted by Crippen LogP contribution is -2.29. The van der Waals surface area contributed by atoms with E-state index < -0.39 is 9.84 Å². The average Bonchev–Trinajstić information content (AvgIpc) is 1.85. The fraction of sp³-hybridized carbons (Fsp3) is 1.00. The van der Waals surface area contributed by atoms with Gasteiger partial charge in [-0.15, -0.1) is 0 Å². The summed E-state index contributed by atoms with van der Waals surface area (Å²) >= 11 is 0. The maximum atomic E-state index is 11.0. The van der Waals surface area contributed by atoms with Crippen LogP contribution >= 0.6 is 0 Å². The zero-order valence-corrected chi connectivity index (χ0v) is 8.40. The lowest BCUT2D eigenvalue weighted by atomic mass is 10.2. The normalized spacial score (nSPS) is 17.8. The van der Waals surface area contributed by atoms with Crippen molar-refractivity contribution in [1.82, 2.24) is 5.32 Å². The highest BCUT2D eigenvalue weighted by Crippen LogP contribution is 2.05. The minimum absolute atomic E-state index is 0.245. The van der Waals surface area contributed by atoms with Gasteiger partial charge in [0.2, 0.25) is 0 Å². The Balaban J connectivity index is 3.98. The van der Waals surface area contributed by atoms with Crippen molar-refractivity contribution in [3.05, 3.63) is 0 Å². The van der Waals surface area contributed by atoms with E-state index in [1.54, 1.807) is 6.92 Å². The summed E-state index contributed by atoms with van der Waals surface area (Å²) in [5.41, 5.74) is 0. The first-order valence-electron chi connectivity index (χ1n) is 3.74. The summed E-state index contributed by atoms with van der Waals surface area (Å²) in [5, 5.41) is 2.76. The molecule has 0 saturated heterocycles. The van der Waals surface area contributed by atoms with E-state index in [4.69, 9.17) is 0 Å². The zero-order chi connectivity index (χ0) is 9.07. The summed E-state index contributed by atoms with van der Waals surface area (Å²) in [5.74, 6) is 0. The van der Waals surface area contributed by atoms with Crippen LogP contribution < -0.4 is 5.32 Å². The molecule has 2 atom stereocenters. The summed E-state index contributed by atoms with van der Waals surface area (Å²) in [7, 11) is -1.01. The summed E-state index contributed by atoms with van der Waals surface area (Å²) in [4.78, 5) is 0. The van der Waals surface area contributed by atoms with Crippen LogP contribution in [0.4, 0.5) is 0 Å². The molecule has 0 aliphatic rings. The quantitative estimate of drug-likeness (QED) is 0.680. The Hall–Kier alpha value is -0.0900. The van der Waals surface area contributed by atoms with E-state index in [9.17, 15) is 8.42 Å². The molecule has 1 N–H and O–H groups in total. The molecule has 0 aliphatic heterocycles. The lowest BCUT2D eigenvalue weighted by Gasteiger charge is -2.14. The van der Waals surface area contributed by atoms with Crippen molar-refractivity contribution in [3.8, 4) is 0 Å². The fourth-order valence-electron chi connectivity index (χ4n) is 0.791. The van der Waals surface area contributed by atoms with E-state index in [2.05, 4.69) is 5.32 Å². The van der Waals surface area contributed by atoms with E-state index in [0.717, 1.165) is 0 Å². The van der Waals surface area contributed by atoms with Gasteiger partial charge in [-0.05, 0) is 27.3 Å². The molecule has 0 aliphatic carbocycles. The number of sulfone groups is 1. The molecule has 0 bridgehead atoms. The van der Waals surface area contributed by atoms with Gasteiger partial charge in [0.15, 0.2) is 0 Å². The Morgan fingerprint density at radius 3 is 2.09 bits per heavy atom. The molecule has 0 heterocycles. The van der Waals surface area contributed by atoms with Crippen LogP contribution in [0.15, 0.2) is 0 Å². The number of hydrogen-bond donors (Lipinski definition) is 1. The Kier molecular flexibility index (Phi) is 4.03. The molecule has 4 heteroatoms. The third kappa shape index (κ3) is 4.37. The van der Waals surface area contributed by atoms with Gasteiger partial charge in [0.1, 0.15) is 9.84 Å². The van der Waals surface area contributed by atoms with E-state index in [1.807, 2.05) is 14.0 Å². The number of nitrogens with one attached hydrogen (secondary N) is 1. The standard InChI is InChI=1S/C7H17NO2S/c1-6(8-3)5-7(2)11(4,9)10/h6-8H,5H2,1-4H3. The third-order valence-electron chi connectivity index (χ3n) is 1.91. The van der Waals surface area contributed by atoms with Crippen LogP contribution in [-0.4, -0.2) is 33.0 Å². The second-order valence-corrected chi connectivity index (χ2v) is 5.53. The Morgan fingerprint density at radius 2 is 1.82 bits per heavy atom. The molecule has 0 rings (SSSR count). The Bertz CT molecular complexity index is 198. The van der Waals surface area contributed by atoms with Gasteiger partial charge in [-0.1, -0.05) is 0 Å². The highest BCUT2D eigenvalue weighted by Gasteiger charge is 2.16. The molecule has 68 valence electrons. The number of hydrogen-bond acceptors (Lipinski definition) is 3. The zero-order valence-electron chi connectivity index (χ0n) is 7.59. The monoisotopic (exact) mass is 179 g/mol. The van der Waals surface area contributed by atoms with Crippen LogP contribution in [0.3, 0.4) is 0 Å². The average molecular weight is 179 g/mol. The SMILES string of the molecule is CNC(C)CC(C)S(C)(=O)=O. The van der Waals surface area contributed by atoms with Crippen molar-refractivity contribution >= 4 is 9.84 Å². The van der Waals surface area contributed by atoms with Crippen LogP contribution in [0.5, 0.6) is 0 Å². The van der Waals surface area contributed by atoms with E-state index in [-0.39, 0.29) is 11.3 Å². The molecule has 0 aromatic rings. The van der Waals surface area contributed by atoms with Crippen LogP contribution in [0.25, 0.3) is 0 Å². The second kappa shape index (κ2) is 4.07. The largest absolute Gasteiger partial charge is 0.317 e. The van der Waals surface area contributed by atoms with E-state index in [1.165, 1.54) is 6.26 Å². The molecule has 0 amide bonds. The molecule has 0 radical (unpaired) electrons. The Labute approximate surface area is 69.1 Å². The van der Waals surface area contributed by atoms with Gasteiger partial charge in [-0.25, -0.2) is 8.42 Å². The first-order chi connectivity index (χ1) is 4.88. The van der Waals surface area contributed by atoms with Gasteiger partial charge < -0.3 is 5.32 Å². The smallest absolute Gasteiger partial charge is 0.150 e. The molecular formula is C7H17NO2S. The predicted molar refractivity (Wildman–Crippen MR) is 47.4 cm³/mol. The molecular weight excluding hydrogens is 162 g/mol. The molecule has 0 aromatic carbocycles. The topological polar surface area (TPSA) is 46.2 Å². The second-order valence-electron chi connectivity index (χ2n) is 3.07. The minimum Gasteiger partial charge on any atom is -0.317 e. The van der Waals surface area contributed by atoms with Gasteiger partial charge in [0, 0.05) is 12.3 Å². The summed E-state index contributed by atoms with van der Waals surface area (Å²) in [6.45, 7) is 3.71. The highest BCUT2D eigenvalue weighted by atomic mass is 32.2. The molecule has 0 saturated carbocycles. The molecule has 11 heavy (non-hydrogen) atoms. The van der Waals surface area contributed by atoms with Gasteiger partial charge in [0.05, 0.1) is 5.25 Å². The van der Waals surface area contributed by atoms with Gasteiger partial charge in [0.25, 0.3) is 0 Å². The summed E-state index contributed by atoms with van der Waals surface area (Å²) < 4.78 is 21.9. The van der Waals surface area contributed by atoms with Crippen molar-refractivity contribution < 1.29 is 8.42 Å². The lowest BCUT2D eigenvalue weighted by molar-refractivity contribution is 0.533. The molecule has 0 fully saturated rings. The van der Waals surface area contributed by atoms with Crippen molar-refractivity contribution in [2.75, 3.05) is 13.3 Å². The third-order valence-corrected chi connectivity index (χ3v) is 3.56. The first-order valence-corrected chi connectivity index (χ1v) is 5.69. The van der Waals surface area contributed by atoms with Crippen LogP contribution in [0.1, 0.15) is 20.3 Å². The Morgan fingerprint density at radius 1 is 1.36 bits per heavy atom.